The Labute approximate surface area is 175 Å². The Morgan fingerprint density at radius 3 is 2.03 bits per heavy atom. The van der Waals surface area contributed by atoms with Crippen molar-refractivity contribution >= 4 is 5.69 Å². The molecule has 0 aliphatic carbocycles. The Balaban J connectivity index is 1.32. The molecule has 0 aromatic heterocycles. The quantitative estimate of drug-likeness (QED) is 0.729. The lowest BCUT2D eigenvalue weighted by molar-refractivity contribution is -0.191. The summed E-state index contributed by atoms with van der Waals surface area (Å²) in [6, 6.07) is 17.7. The monoisotopic (exact) mass is 394 g/mol. The van der Waals surface area contributed by atoms with E-state index in [0.29, 0.717) is 25.0 Å². The summed E-state index contributed by atoms with van der Waals surface area (Å²) in [7, 11) is 2.19. The number of hydrogen-bond acceptors (Lipinski definition) is 4. The fourth-order valence-electron chi connectivity index (χ4n) is 4.13. The van der Waals surface area contributed by atoms with E-state index < -0.39 is 0 Å². The molecule has 0 saturated carbocycles. The van der Waals surface area contributed by atoms with Crippen LogP contribution in [0, 0.1) is 0 Å². The molecular weight excluding hydrogens is 360 g/mol. The van der Waals surface area contributed by atoms with Crippen LogP contribution in [0.3, 0.4) is 0 Å². The summed E-state index contributed by atoms with van der Waals surface area (Å²) in [6.45, 7) is 10.3. The zero-order valence-corrected chi connectivity index (χ0v) is 18.0. The van der Waals surface area contributed by atoms with E-state index in [9.17, 15) is 0 Å². The summed E-state index contributed by atoms with van der Waals surface area (Å²) in [5.41, 5.74) is 5.11. The summed E-state index contributed by atoms with van der Waals surface area (Å²) in [6.07, 6.45) is 0.914. The molecule has 0 amide bonds. The maximum atomic E-state index is 6.09. The topological polar surface area (TPSA) is 24.9 Å². The molecule has 4 nitrogen and oxygen atoms in total. The molecule has 0 spiro atoms. The predicted molar refractivity (Wildman–Crippen MR) is 119 cm³/mol. The zero-order valence-electron chi connectivity index (χ0n) is 18.0. The molecule has 2 saturated heterocycles. The number of hydrogen-bond donors (Lipinski definition) is 0. The van der Waals surface area contributed by atoms with Crippen LogP contribution in [-0.4, -0.2) is 51.3 Å². The van der Waals surface area contributed by atoms with Crippen LogP contribution in [0.1, 0.15) is 55.1 Å². The highest BCUT2D eigenvalue weighted by Crippen LogP contribution is 2.31. The highest BCUT2D eigenvalue weighted by Gasteiger charge is 2.25. The zero-order chi connectivity index (χ0) is 20.2. The van der Waals surface area contributed by atoms with Crippen LogP contribution < -0.4 is 4.90 Å². The lowest BCUT2D eigenvalue weighted by atomic mass is 9.94. The molecule has 2 fully saturated rings. The molecule has 156 valence electrons. The van der Waals surface area contributed by atoms with Gasteiger partial charge in [0.15, 0.2) is 6.29 Å². The summed E-state index contributed by atoms with van der Waals surface area (Å²) in [4.78, 5) is 4.83. The normalized spacial score (nSPS) is 24.4. The summed E-state index contributed by atoms with van der Waals surface area (Å²) < 4.78 is 12.2. The maximum Gasteiger partial charge on any atom is 0.183 e. The number of piperazine rings is 1. The maximum absolute atomic E-state index is 6.09. The van der Waals surface area contributed by atoms with E-state index in [2.05, 4.69) is 79.2 Å². The minimum Gasteiger partial charge on any atom is -0.369 e. The van der Waals surface area contributed by atoms with Gasteiger partial charge in [-0.25, -0.2) is 0 Å². The molecule has 0 radical (unpaired) electrons. The van der Waals surface area contributed by atoms with Crippen molar-refractivity contribution in [2.75, 3.05) is 51.3 Å². The van der Waals surface area contributed by atoms with Gasteiger partial charge in [0.1, 0.15) is 0 Å². The van der Waals surface area contributed by atoms with E-state index in [4.69, 9.17) is 9.47 Å². The highest BCUT2D eigenvalue weighted by molar-refractivity contribution is 5.48. The molecule has 29 heavy (non-hydrogen) atoms. The third-order valence-electron chi connectivity index (χ3n) is 6.52. The fraction of sp³-hybridized carbons (Fsp3) is 0.520. The van der Waals surface area contributed by atoms with E-state index in [1.165, 1.54) is 23.2 Å². The van der Waals surface area contributed by atoms with Gasteiger partial charge in [-0.05, 0) is 42.6 Å². The second kappa shape index (κ2) is 9.29. The second-order valence-corrected chi connectivity index (χ2v) is 8.55. The van der Waals surface area contributed by atoms with Gasteiger partial charge in [-0.15, -0.1) is 0 Å². The van der Waals surface area contributed by atoms with Crippen molar-refractivity contribution in [1.82, 2.24) is 4.90 Å². The highest BCUT2D eigenvalue weighted by atomic mass is 16.7. The van der Waals surface area contributed by atoms with E-state index in [1.807, 2.05) is 0 Å². The van der Waals surface area contributed by atoms with Crippen molar-refractivity contribution in [1.29, 1.82) is 0 Å². The molecule has 4 heteroatoms. The third kappa shape index (κ3) is 4.82. The van der Waals surface area contributed by atoms with Crippen LogP contribution in [0.15, 0.2) is 48.5 Å². The van der Waals surface area contributed by atoms with Crippen LogP contribution in [0.25, 0.3) is 0 Å². The number of rotatable bonds is 5. The van der Waals surface area contributed by atoms with Gasteiger partial charge in [0, 0.05) is 43.3 Å². The molecule has 0 N–H and O–H groups in total. The first kappa shape index (κ1) is 20.4. The van der Waals surface area contributed by atoms with Crippen molar-refractivity contribution in [3.63, 3.8) is 0 Å². The largest absolute Gasteiger partial charge is 0.369 e. The number of nitrogens with zero attached hydrogens (tertiary/aromatic N) is 2. The van der Waals surface area contributed by atoms with Gasteiger partial charge in [-0.1, -0.05) is 50.2 Å². The molecule has 1 unspecified atom stereocenters. The minimum absolute atomic E-state index is 0.257. The third-order valence-corrected chi connectivity index (χ3v) is 6.52. The first-order chi connectivity index (χ1) is 14.1. The molecule has 1 atom stereocenters. The molecule has 2 aliphatic rings. The Bertz CT molecular complexity index is 758. The number of ether oxygens (including phenoxy) is 2. The lowest BCUT2D eigenvalue weighted by Gasteiger charge is -2.34. The van der Waals surface area contributed by atoms with Gasteiger partial charge in [0.05, 0.1) is 13.2 Å². The average molecular weight is 395 g/mol. The van der Waals surface area contributed by atoms with Crippen molar-refractivity contribution in [2.24, 2.45) is 0 Å². The Hall–Kier alpha value is -1.88. The first-order valence-electron chi connectivity index (χ1n) is 11.0. The summed E-state index contributed by atoms with van der Waals surface area (Å²) in [5, 5.41) is 0. The van der Waals surface area contributed by atoms with E-state index in [-0.39, 0.29) is 6.29 Å². The average Bonchev–Trinajstić information content (AvgIpc) is 2.79. The Morgan fingerprint density at radius 2 is 1.45 bits per heavy atom. The van der Waals surface area contributed by atoms with Crippen LogP contribution >= 0.6 is 0 Å². The fourth-order valence-corrected chi connectivity index (χ4v) is 4.13. The van der Waals surface area contributed by atoms with Gasteiger partial charge in [-0.3, -0.25) is 0 Å². The van der Waals surface area contributed by atoms with Crippen LogP contribution in [-0.2, 0) is 9.47 Å². The lowest BCUT2D eigenvalue weighted by Crippen LogP contribution is -2.44. The summed E-state index contributed by atoms with van der Waals surface area (Å²) >= 11 is 0. The molecular formula is C25H34N2O2. The van der Waals surface area contributed by atoms with Gasteiger partial charge in [0.25, 0.3) is 0 Å². The molecule has 2 heterocycles. The first-order valence-corrected chi connectivity index (χ1v) is 11.0. The van der Waals surface area contributed by atoms with Gasteiger partial charge >= 0.3 is 0 Å². The van der Waals surface area contributed by atoms with E-state index >= 15 is 0 Å². The molecule has 2 aromatic rings. The number of likely N-dealkylation sites (N-methyl/N-ethyl adjacent to an activating group) is 1. The number of anilines is 1. The second-order valence-electron chi connectivity index (χ2n) is 8.55. The molecule has 2 aliphatic heterocycles. The summed E-state index contributed by atoms with van der Waals surface area (Å²) in [5.74, 6) is 0.919. The van der Waals surface area contributed by atoms with Gasteiger partial charge < -0.3 is 19.3 Å². The Morgan fingerprint density at radius 1 is 0.862 bits per heavy atom. The predicted octanol–water partition coefficient (Wildman–Crippen LogP) is 4.78. The smallest absolute Gasteiger partial charge is 0.183 e. The Kier molecular flexibility index (Phi) is 6.53. The molecule has 2 aromatic carbocycles. The van der Waals surface area contributed by atoms with Crippen LogP contribution in [0.4, 0.5) is 5.69 Å². The van der Waals surface area contributed by atoms with Crippen molar-refractivity contribution < 1.29 is 9.47 Å². The van der Waals surface area contributed by atoms with Crippen LogP contribution in [0.5, 0.6) is 0 Å². The van der Waals surface area contributed by atoms with Crippen molar-refractivity contribution in [3.8, 4) is 0 Å². The minimum atomic E-state index is -0.257. The molecule has 4 rings (SSSR count). The molecule has 0 bridgehead atoms. The van der Waals surface area contributed by atoms with Gasteiger partial charge in [0.2, 0.25) is 0 Å². The van der Waals surface area contributed by atoms with Crippen molar-refractivity contribution in [2.45, 2.75) is 38.4 Å². The van der Waals surface area contributed by atoms with E-state index in [1.54, 1.807) is 0 Å². The SMILES string of the molecule is CCC(C)c1ccc(C2COC(c3ccc(N4CCN(C)CC4)cc3)OC2)cc1. The standard InChI is InChI=1S/C25H34N2O2/c1-4-19(2)20-5-7-21(8-6-20)23-17-28-25(29-18-23)22-9-11-24(12-10-22)27-15-13-26(3)14-16-27/h5-12,19,23,25H,4,13-18H2,1-3H3. The van der Waals surface area contributed by atoms with Crippen molar-refractivity contribution in [3.05, 3.63) is 65.2 Å². The van der Waals surface area contributed by atoms with Crippen LogP contribution in [0.2, 0.25) is 0 Å². The van der Waals surface area contributed by atoms with Gasteiger partial charge in [-0.2, -0.15) is 0 Å². The van der Waals surface area contributed by atoms with E-state index in [0.717, 1.165) is 31.7 Å². The number of benzene rings is 2.